The number of thiophene rings is 1. The first-order chi connectivity index (χ1) is 12.5. The molecule has 132 valence electrons. The fourth-order valence-corrected chi connectivity index (χ4v) is 3.77. The first-order valence-corrected chi connectivity index (χ1v) is 9.33. The molecule has 0 radical (unpaired) electrons. The monoisotopic (exact) mass is 404 g/mol. The molecule has 0 fully saturated rings. The maximum Gasteiger partial charge on any atom is 0.328 e. The van der Waals surface area contributed by atoms with Crippen molar-refractivity contribution in [1.29, 1.82) is 0 Å². The minimum Gasteiger partial charge on any atom is -0.488 e. The SMILES string of the molecule is O=C(O)/C=C/c1ccccc1-c1cc(OCc2c(Cl)cccc2Cl)cs1. The van der Waals surface area contributed by atoms with Crippen LogP contribution in [0.2, 0.25) is 10.0 Å². The van der Waals surface area contributed by atoms with Crippen LogP contribution in [0.4, 0.5) is 0 Å². The van der Waals surface area contributed by atoms with Gasteiger partial charge in [0.2, 0.25) is 0 Å². The molecule has 0 atom stereocenters. The summed E-state index contributed by atoms with van der Waals surface area (Å²) in [6.07, 6.45) is 2.71. The van der Waals surface area contributed by atoms with Gasteiger partial charge in [-0.25, -0.2) is 4.79 Å². The van der Waals surface area contributed by atoms with Crippen LogP contribution in [0.25, 0.3) is 16.5 Å². The van der Waals surface area contributed by atoms with Crippen LogP contribution < -0.4 is 4.74 Å². The van der Waals surface area contributed by atoms with Gasteiger partial charge in [-0.15, -0.1) is 11.3 Å². The second-order valence-electron chi connectivity index (χ2n) is 5.39. The van der Waals surface area contributed by atoms with E-state index in [1.54, 1.807) is 24.3 Å². The highest BCUT2D eigenvalue weighted by atomic mass is 35.5. The molecule has 3 aromatic rings. The van der Waals surface area contributed by atoms with Crippen molar-refractivity contribution >= 4 is 46.6 Å². The van der Waals surface area contributed by atoms with Crippen molar-refractivity contribution in [2.24, 2.45) is 0 Å². The van der Waals surface area contributed by atoms with Crippen molar-refractivity contribution in [2.45, 2.75) is 6.61 Å². The van der Waals surface area contributed by atoms with E-state index in [0.29, 0.717) is 15.8 Å². The standard InChI is InChI=1S/C20H14Cl2O3S/c21-17-6-3-7-18(22)16(17)11-25-14-10-19(26-12-14)15-5-2-1-4-13(15)8-9-20(23)24/h1-10,12H,11H2,(H,23,24)/b9-8+. The zero-order valence-electron chi connectivity index (χ0n) is 13.5. The molecule has 0 spiro atoms. The normalized spacial score (nSPS) is 11.0. The highest BCUT2D eigenvalue weighted by molar-refractivity contribution is 7.13. The molecule has 1 N–H and O–H groups in total. The van der Waals surface area contributed by atoms with E-state index in [0.717, 1.165) is 27.6 Å². The van der Waals surface area contributed by atoms with Gasteiger partial charge in [0.15, 0.2) is 0 Å². The summed E-state index contributed by atoms with van der Waals surface area (Å²) in [5, 5.41) is 11.9. The summed E-state index contributed by atoms with van der Waals surface area (Å²) in [5.74, 6) is -0.273. The molecule has 0 unspecified atom stereocenters. The van der Waals surface area contributed by atoms with Gasteiger partial charge in [-0.05, 0) is 35.4 Å². The highest BCUT2D eigenvalue weighted by Gasteiger charge is 2.10. The Kier molecular flexibility index (Phi) is 5.99. The zero-order chi connectivity index (χ0) is 18.5. The number of carbonyl (C=O) groups is 1. The van der Waals surface area contributed by atoms with E-state index >= 15 is 0 Å². The lowest BCUT2D eigenvalue weighted by Gasteiger charge is -2.08. The predicted octanol–water partition coefficient (Wildman–Crippen LogP) is 6.40. The highest BCUT2D eigenvalue weighted by Crippen LogP contribution is 2.35. The Balaban J connectivity index is 1.80. The number of hydrogen-bond donors (Lipinski definition) is 1. The summed E-state index contributed by atoms with van der Waals surface area (Å²) in [6.45, 7) is 0.273. The minimum atomic E-state index is -0.980. The average molecular weight is 405 g/mol. The molecule has 0 aliphatic rings. The van der Waals surface area contributed by atoms with Gasteiger partial charge in [0, 0.05) is 31.9 Å². The summed E-state index contributed by atoms with van der Waals surface area (Å²) in [4.78, 5) is 11.8. The second-order valence-corrected chi connectivity index (χ2v) is 7.12. The van der Waals surface area contributed by atoms with Gasteiger partial charge in [0.1, 0.15) is 12.4 Å². The molecular weight excluding hydrogens is 391 g/mol. The number of benzene rings is 2. The molecule has 3 rings (SSSR count). The lowest BCUT2D eigenvalue weighted by atomic mass is 10.1. The van der Waals surface area contributed by atoms with E-state index in [-0.39, 0.29) is 6.61 Å². The van der Waals surface area contributed by atoms with Crippen molar-refractivity contribution in [2.75, 3.05) is 0 Å². The molecular formula is C20H14Cl2O3S. The van der Waals surface area contributed by atoms with Crippen molar-refractivity contribution in [3.05, 3.63) is 81.2 Å². The van der Waals surface area contributed by atoms with E-state index in [1.165, 1.54) is 11.3 Å². The van der Waals surface area contributed by atoms with E-state index in [1.807, 2.05) is 35.7 Å². The van der Waals surface area contributed by atoms with Crippen LogP contribution in [0.3, 0.4) is 0 Å². The third kappa shape index (κ3) is 4.47. The second kappa shape index (κ2) is 8.41. The summed E-state index contributed by atoms with van der Waals surface area (Å²) in [7, 11) is 0. The molecule has 2 aromatic carbocycles. The van der Waals surface area contributed by atoms with Crippen molar-refractivity contribution in [1.82, 2.24) is 0 Å². The van der Waals surface area contributed by atoms with Gasteiger partial charge >= 0.3 is 5.97 Å². The van der Waals surface area contributed by atoms with Crippen molar-refractivity contribution in [3.8, 4) is 16.2 Å². The third-order valence-electron chi connectivity index (χ3n) is 3.65. The lowest BCUT2D eigenvalue weighted by Crippen LogP contribution is -1.96. The fraction of sp³-hybridized carbons (Fsp3) is 0.0500. The Morgan fingerprint density at radius 1 is 1.12 bits per heavy atom. The van der Waals surface area contributed by atoms with Gasteiger partial charge < -0.3 is 9.84 Å². The number of rotatable bonds is 6. The molecule has 1 heterocycles. The smallest absolute Gasteiger partial charge is 0.328 e. The molecule has 26 heavy (non-hydrogen) atoms. The number of hydrogen-bond acceptors (Lipinski definition) is 3. The molecule has 0 aliphatic carbocycles. The topological polar surface area (TPSA) is 46.5 Å². The summed E-state index contributed by atoms with van der Waals surface area (Å²) in [5.41, 5.74) is 2.52. The Labute approximate surface area is 165 Å². The Hall–Kier alpha value is -2.27. The van der Waals surface area contributed by atoms with Gasteiger partial charge in [-0.3, -0.25) is 0 Å². The number of halogens is 2. The van der Waals surface area contributed by atoms with E-state index in [2.05, 4.69) is 0 Å². The van der Waals surface area contributed by atoms with Gasteiger partial charge in [0.05, 0.1) is 0 Å². The molecule has 0 saturated carbocycles. The maximum absolute atomic E-state index is 10.8. The molecule has 0 bridgehead atoms. The molecule has 0 saturated heterocycles. The van der Waals surface area contributed by atoms with E-state index in [4.69, 9.17) is 33.0 Å². The number of ether oxygens (including phenoxy) is 1. The summed E-state index contributed by atoms with van der Waals surface area (Å²) < 4.78 is 5.82. The van der Waals surface area contributed by atoms with Gasteiger partial charge in [-0.2, -0.15) is 0 Å². The number of carboxylic acids is 1. The molecule has 6 heteroatoms. The van der Waals surface area contributed by atoms with Crippen LogP contribution in [-0.2, 0) is 11.4 Å². The Bertz CT molecular complexity index is 943. The Morgan fingerprint density at radius 3 is 2.58 bits per heavy atom. The minimum absolute atomic E-state index is 0.273. The van der Waals surface area contributed by atoms with Crippen LogP contribution >= 0.6 is 34.5 Å². The van der Waals surface area contributed by atoms with Crippen LogP contribution in [0.15, 0.2) is 60.0 Å². The van der Waals surface area contributed by atoms with Gasteiger partial charge in [0.25, 0.3) is 0 Å². The molecule has 3 nitrogen and oxygen atoms in total. The van der Waals surface area contributed by atoms with Gasteiger partial charge in [-0.1, -0.05) is 53.5 Å². The molecule has 1 aromatic heterocycles. The molecule has 0 amide bonds. The molecule has 0 aliphatic heterocycles. The third-order valence-corrected chi connectivity index (χ3v) is 5.30. The first kappa shape index (κ1) is 18.5. The first-order valence-electron chi connectivity index (χ1n) is 7.69. The van der Waals surface area contributed by atoms with Crippen LogP contribution in [0, 0.1) is 0 Å². The summed E-state index contributed by atoms with van der Waals surface area (Å²) >= 11 is 13.8. The van der Waals surface area contributed by atoms with E-state index < -0.39 is 5.97 Å². The quantitative estimate of drug-likeness (QED) is 0.483. The van der Waals surface area contributed by atoms with Crippen LogP contribution in [0.1, 0.15) is 11.1 Å². The van der Waals surface area contributed by atoms with Crippen molar-refractivity contribution in [3.63, 3.8) is 0 Å². The van der Waals surface area contributed by atoms with E-state index in [9.17, 15) is 4.79 Å². The van der Waals surface area contributed by atoms with Crippen molar-refractivity contribution < 1.29 is 14.6 Å². The van der Waals surface area contributed by atoms with Crippen LogP contribution in [-0.4, -0.2) is 11.1 Å². The lowest BCUT2D eigenvalue weighted by molar-refractivity contribution is -0.131. The fourth-order valence-electron chi connectivity index (χ4n) is 2.39. The number of carboxylic acid groups (broad SMARTS) is 1. The maximum atomic E-state index is 10.8. The number of aliphatic carboxylic acids is 1. The average Bonchev–Trinajstić information content (AvgIpc) is 3.08. The Morgan fingerprint density at radius 2 is 1.85 bits per heavy atom. The predicted molar refractivity (Wildman–Crippen MR) is 107 cm³/mol. The van der Waals surface area contributed by atoms with Crippen LogP contribution in [0.5, 0.6) is 5.75 Å². The summed E-state index contributed by atoms with van der Waals surface area (Å²) in [6, 6.07) is 14.9. The largest absolute Gasteiger partial charge is 0.488 e. The zero-order valence-corrected chi connectivity index (χ0v) is 15.8.